The van der Waals surface area contributed by atoms with Crippen molar-refractivity contribution in [3.63, 3.8) is 0 Å². The maximum atomic E-state index is 5.88. The largest absolute Gasteiger partial charge is 0.492 e. The van der Waals surface area contributed by atoms with Crippen molar-refractivity contribution in [1.82, 2.24) is 10.2 Å². The molecule has 0 bridgehead atoms. The van der Waals surface area contributed by atoms with Gasteiger partial charge in [0.1, 0.15) is 12.4 Å². The first kappa shape index (κ1) is 16.3. The fourth-order valence-electron chi connectivity index (χ4n) is 3.04. The van der Waals surface area contributed by atoms with E-state index >= 15 is 0 Å². The predicted octanol–water partition coefficient (Wildman–Crippen LogP) is 3.16. The minimum absolute atomic E-state index is 0.234. The Hall–Kier alpha value is -1.06. The van der Waals surface area contributed by atoms with Crippen LogP contribution in [0.5, 0.6) is 5.75 Å². The lowest BCUT2D eigenvalue weighted by atomic mass is 9.90. The van der Waals surface area contributed by atoms with Gasteiger partial charge in [0.2, 0.25) is 0 Å². The molecule has 1 fully saturated rings. The van der Waals surface area contributed by atoms with Gasteiger partial charge in [-0.3, -0.25) is 4.90 Å². The first-order valence-corrected chi connectivity index (χ1v) is 8.21. The van der Waals surface area contributed by atoms with Gasteiger partial charge in [0.05, 0.1) is 0 Å². The molecule has 0 amide bonds. The van der Waals surface area contributed by atoms with Gasteiger partial charge in [-0.05, 0) is 31.4 Å². The molecular weight excluding hydrogens is 260 g/mol. The van der Waals surface area contributed by atoms with Crippen molar-refractivity contribution >= 4 is 0 Å². The number of ether oxygens (including phenoxy) is 1. The number of rotatable bonds is 6. The monoisotopic (exact) mass is 290 g/mol. The number of hydrogen-bond donors (Lipinski definition) is 1. The van der Waals surface area contributed by atoms with Gasteiger partial charge in [-0.25, -0.2) is 0 Å². The average Bonchev–Trinajstić information content (AvgIpc) is 2.48. The zero-order valence-electron chi connectivity index (χ0n) is 13.9. The summed E-state index contributed by atoms with van der Waals surface area (Å²) >= 11 is 0. The molecule has 0 spiro atoms. The Balaban J connectivity index is 1.90. The lowest BCUT2D eigenvalue weighted by Gasteiger charge is -2.47. The second kappa shape index (κ2) is 7.28. The standard InChI is InChI=1S/C18H30N2O/c1-5-18(4)14-20(17(13-19-18)15(2)3)11-12-21-16-9-7-6-8-10-16/h6-10,15,17,19H,5,11-14H2,1-4H3. The predicted molar refractivity (Wildman–Crippen MR) is 88.8 cm³/mol. The van der Waals surface area contributed by atoms with Crippen LogP contribution in [0.3, 0.4) is 0 Å². The third-order valence-electron chi connectivity index (χ3n) is 4.70. The molecule has 0 aliphatic carbocycles. The van der Waals surface area contributed by atoms with Crippen LogP contribution >= 0.6 is 0 Å². The van der Waals surface area contributed by atoms with Crippen molar-refractivity contribution in [3.8, 4) is 5.75 Å². The van der Waals surface area contributed by atoms with Crippen molar-refractivity contribution in [3.05, 3.63) is 30.3 Å². The fraction of sp³-hybridized carbons (Fsp3) is 0.667. The molecule has 0 saturated carbocycles. The van der Waals surface area contributed by atoms with Crippen LogP contribution in [-0.4, -0.2) is 42.7 Å². The topological polar surface area (TPSA) is 24.5 Å². The van der Waals surface area contributed by atoms with Crippen LogP contribution in [-0.2, 0) is 0 Å². The molecular formula is C18H30N2O. The van der Waals surface area contributed by atoms with E-state index in [9.17, 15) is 0 Å². The number of benzene rings is 1. The van der Waals surface area contributed by atoms with Gasteiger partial charge in [0.15, 0.2) is 0 Å². The lowest BCUT2D eigenvalue weighted by molar-refractivity contribution is 0.0493. The number of para-hydroxylation sites is 1. The van der Waals surface area contributed by atoms with Crippen molar-refractivity contribution in [1.29, 1.82) is 0 Å². The second-order valence-corrected chi connectivity index (χ2v) is 6.74. The van der Waals surface area contributed by atoms with Gasteiger partial charge in [-0.15, -0.1) is 0 Å². The van der Waals surface area contributed by atoms with E-state index < -0.39 is 0 Å². The lowest BCUT2D eigenvalue weighted by Crippen LogP contribution is -2.64. The Labute approximate surface area is 129 Å². The first-order valence-electron chi connectivity index (χ1n) is 8.21. The Bertz CT molecular complexity index is 420. The summed E-state index contributed by atoms with van der Waals surface area (Å²) in [5.41, 5.74) is 0.234. The van der Waals surface area contributed by atoms with Gasteiger partial charge in [0.25, 0.3) is 0 Å². The van der Waals surface area contributed by atoms with E-state index in [1.807, 2.05) is 30.3 Å². The van der Waals surface area contributed by atoms with Crippen LogP contribution in [0.2, 0.25) is 0 Å². The minimum Gasteiger partial charge on any atom is -0.492 e. The van der Waals surface area contributed by atoms with E-state index in [4.69, 9.17) is 4.74 Å². The summed E-state index contributed by atoms with van der Waals surface area (Å²) in [5.74, 6) is 1.63. The second-order valence-electron chi connectivity index (χ2n) is 6.74. The fourth-order valence-corrected chi connectivity index (χ4v) is 3.04. The van der Waals surface area contributed by atoms with Crippen molar-refractivity contribution in [2.75, 3.05) is 26.2 Å². The van der Waals surface area contributed by atoms with Crippen LogP contribution in [0.15, 0.2) is 30.3 Å². The third-order valence-corrected chi connectivity index (χ3v) is 4.70. The van der Waals surface area contributed by atoms with Crippen LogP contribution in [0, 0.1) is 5.92 Å². The van der Waals surface area contributed by atoms with Gasteiger partial charge in [0, 0.05) is 31.2 Å². The summed E-state index contributed by atoms with van der Waals surface area (Å²) in [4.78, 5) is 2.60. The summed E-state index contributed by atoms with van der Waals surface area (Å²) < 4.78 is 5.88. The third kappa shape index (κ3) is 4.45. The van der Waals surface area contributed by atoms with E-state index in [-0.39, 0.29) is 5.54 Å². The zero-order chi connectivity index (χ0) is 15.3. The molecule has 1 aliphatic heterocycles. The molecule has 1 aromatic carbocycles. The molecule has 1 saturated heterocycles. The summed E-state index contributed by atoms with van der Waals surface area (Å²) in [6.45, 7) is 13.1. The molecule has 1 N–H and O–H groups in total. The average molecular weight is 290 g/mol. The molecule has 2 rings (SSSR count). The summed E-state index contributed by atoms with van der Waals surface area (Å²) in [6, 6.07) is 10.7. The van der Waals surface area contributed by atoms with E-state index in [1.54, 1.807) is 0 Å². The van der Waals surface area contributed by atoms with Crippen molar-refractivity contribution in [2.45, 2.75) is 45.7 Å². The molecule has 21 heavy (non-hydrogen) atoms. The first-order chi connectivity index (χ1) is 10.0. The summed E-state index contributed by atoms with van der Waals surface area (Å²) in [7, 11) is 0. The van der Waals surface area contributed by atoms with Crippen LogP contribution in [0.1, 0.15) is 34.1 Å². The number of nitrogens with zero attached hydrogens (tertiary/aromatic N) is 1. The maximum absolute atomic E-state index is 5.88. The van der Waals surface area contributed by atoms with E-state index in [0.29, 0.717) is 12.0 Å². The molecule has 3 heteroatoms. The van der Waals surface area contributed by atoms with Gasteiger partial charge >= 0.3 is 0 Å². The summed E-state index contributed by atoms with van der Waals surface area (Å²) in [6.07, 6.45) is 1.16. The number of piperazine rings is 1. The highest BCUT2D eigenvalue weighted by atomic mass is 16.5. The van der Waals surface area contributed by atoms with Crippen molar-refractivity contribution in [2.24, 2.45) is 5.92 Å². The van der Waals surface area contributed by atoms with E-state index in [1.165, 1.54) is 0 Å². The molecule has 0 radical (unpaired) electrons. The molecule has 3 nitrogen and oxygen atoms in total. The number of hydrogen-bond acceptors (Lipinski definition) is 3. The van der Waals surface area contributed by atoms with Crippen LogP contribution < -0.4 is 10.1 Å². The van der Waals surface area contributed by atoms with Crippen LogP contribution in [0.4, 0.5) is 0 Å². The normalized spacial score (nSPS) is 27.0. The molecule has 1 aliphatic rings. The molecule has 2 atom stereocenters. The van der Waals surface area contributed by atoms with Crippen molar-refractivity contribution < 1.29 is 4.74 Å². The van der Waals surface area contributed by atoms with Gasteiger partial charge in [-0.1, -0.05) is 39.0 Å². The zero-order valence-corrected chi connectivity index (χ0v) is 13.9. The quantitative estimate of drug-likeness (QED) is 0.871. The van der Waals surface area contributed by atoms with Gasteiger partial charge < -0.3 is 10.1 Å². The Morgan fingerprint density at radius 1 is 1.33 bits per heavy atom. The highest BCUT2D eigenvalue weighted by Crippen LogP contribution is 2.22. The van der Waals surface area contributed by atoms with E-state index in [2.05, 4.69) is 37.9 Å². The molecule has 118 valence electrons. The van der Waals surface area contributed by atoms with Gasteiger partial charge in [-0.2, -0.15) is 0 Å². The maximum Gasteiger partial charge on any atom is 0.119 e. The Morgan fingerprint density at radius 2 is 2.05 bits per heavy atom. The molecule has 0 aromatic heterocycles. The highest BCUT2D eigenvalue weighted by molar-refractivity contribution is 5.20. The smallest absolute Gasteiger partial charge is 0.119 e. The SMILES string of the molecule is CCC1(C)CN(CCOc2ccccc2)C(C(C)C)CN1. The van der Waals surface area contributed by atoms with Crippen LogP contribution in [0.25, 0.3) is 0 Å². The highest BCUT2D eigenvalue weighted by Gasteiger charge is 2.35. The minimum atomic E-state index is 0.234. The Morgan fingerprint density at radius 3 is 2.67 bits per heavy atom. The molecule has 2 unspecified atom stereocenters. The Kier molecular flexibility index (Phi) is 5.65. The van der Waals surface area contributed by atoms with E-state index in [0.717, 1.165) is 38.4 Å². The summed E-state index contributed by atoms with van der Waals surface area (Å²) in [5, 5.41) is 3.73. The molecule has 1 heterocycles. The molecule has 1 aromatic rings. The number of nitrogens with one attached hydrogen (secondary N) is 1.